The summed E-state index contributed by atoms with van der Waals surface area (Å²) in [4.78, 5) is 22.1. The van der Waals surface area contributed by atoms with Gasteiger partial charge in [-0.3, -0.25) is 14.3 Å². The minimum Gasteiger partial charge on any atom is -0.287 e. The van der Waals surface area contributed by atoms with Gasteiger partial charge in [0.2, 0.25) is 0 Å². The summed E-state index contributed by atoms with van der Waals surface area (Å²) in [6, 6.07) is 15.2. The number of thioether (sulfide) groups is 1. The third-order valence-electron chi connectivity index (χ3n) is 4.43. The van der Waals surface area contributed by atoms with Crippen molar-refractivity contribution in [3.05, 3.63) is 75.7 Å². The molecule has 0 radical (unpaired) electrons. The van der Waals surface area contributed by atoms with Crippen molar-refractivity contribution >= 4 is 45.2 Å². The van der Waals surface area contributed by atoms with Gasteiger partial charge in [0.25, 0.3) is 5.56 Å². The topological polar surface area (TPSA) is 47.8 Å². The minimum atomic E-state index is 0.0176. The van der Waals surface area contributed by atoms with Crippen LogP contribution < -0.4 is 5.56 Å². The maximum Gasteiger partial charge on any atom is 0.262 e. The second-order valence-corrected chi connectivity index (χ2v) is 7.61. The van der Waals surface area contributed by atoms with Crippen molar-refractivity contribution in [1.29, 1.82) is 0 Å². The number of aromatic nitrogens is 3. The molecule has 0 amide bonds. The normalized spacial score (nSPS) is 11.3. The zero-order chi connectivity index (χ0) is 18.8. The van der Waals surface area contributed by atoms with Crippen LogP contribution in [0.3, 0.4) is 0 Å². The number of nitrogens with zero attached hydrogens (tertiary/aromatic N) is 3. The molecule has 0 spiro atoms. The van der Waals surface area contributed by atoms with Gasteiger partial charge < -0.3 is 0 Å². The first-order valence-corrected chi connectivity index (χ1v) is 10.2. The highest BCUT2D eigenvalue weighted by molar-refractivity contribution is 7.98. The third-order valence-corrected chi connectivity index (χ3v) is 5.79. The van der Waals surface area contributed by atoms with E-state index < -0.39 is 0 Å². The van der Waals surface area contributed by atoms with E-state index in [1.165, 1.54) is 0 Å². The number of rotatable bonds is 5. The van der Waals surface area contributed by atoms with Gasteiger partial charge >= 0.3 is 0 Å². The zero-order valence-corrected chi connectivity index (χ0v) is 16.4. The van der Waals surface area contributed by atoms with Crippen LogP contribution in [-0.2, 0) is 12.3 Å². The summed E-state index contributed by atoms with van der Waals surface area (Å²) in [6.07, 6.45) is 2.65. The van der Waals surface area contributed by atoms with Crippen molar-refractivity contribution in [3.63, 3.8) is 0 Å². The van der Waals surface area contributed by atoms with Crippen molar-refractivity contribution in [3.8, 4) is 0 Å². The van der Waals surface area contributed by atoms with Crippen LogP contribution in [0.15, 0.2) is 64.7 Å². The summed E-state index contributed by atoms with van der Waals surface area (Å²) in [6.45, 7) is 2.71. The van der Waals surface area contributed by atoms with Gasteiger partial charge in [-0.15, -0.1) is 0 Å². The van der Waals surface area contributed by atoms with Crippen LogP contribution in [0.1, 0.15) is 18.9 Å². The number of fused-ring (bicyclic) bond motifs is 2. The minimum absolute atomic E-state index is 0.0176. The second-order valence-electron chi connectivity index (χ2n) is 6.26. The van der Waals surface area contributed by atoms with Crippen molar-refractivity contribution < 1.29 is 0 Å². The van der Waals surface area contributed by atoms with Gasteiger partial charge in [-0.25, -0.2) is 4.98 Å². The molecule has 0 aliphatic carbocycles. The fraction of sp³-hybridized carbons (Fsp3) is 0.190. The van der Waals surface area contributed by atoms with E-state index in [2.05, 4.69) is 11.9 Å². The molecule has 0 N–H and O–H groups in total. The number of hydrogen-bond acceptors (Lipinski definition) is 4. The first-order chi connectivity index (χ1) is 13.2. The van der Waals surface area contributed by atoms with Gasteiger partial charge in [0, 0.05) is 28.9 Å². The molecule has 0 bridgehead atoms. The lowest BCUT2D eigenvalue weighted by Gasteiger charge is -2.13. The van der Waals surface area contributed by atoms with Crippen LogP contribution in [0.5, 0.6) is 0 Å². The van der Waals surface area contributed by atoms with E-state index in [9.17, 15) is 4.79 Å². The standard InChI is InChI=1S/C21H18ClN3OS/c1-2-12-25-20(26)16-6-3-4-8-18(16)24-21(25)27-13-14-9-10-17(22)15-7-5-11-23-19(14)15/h3-11H,2,12-13H2,1H3. The van der Waals surface area contributed by atoms with Crippen LogP contribution in [0.25, 0.3) is 21.8 Å². The Kier molecular flexibility index (Phi) is 5.14. The van der Waals surface area contributed by atoms with E-state index >= 15 is 0 Å². The fourth-order valence-electron chi connectivity index (χ4n) is 3.13. The molecule has 4 rings (SSSR count). The predicted molar refractivity (Wildman–Crippen MR) is 113 cm³/mol. The Bertz CT molecular complexity index is 1190. The first-order valence-electron chi connectivity index (χ1n) is 8.83. The second kappa shape index (κ2) is 7.71. The highest BCUT2D eigenvalue weighted by Gasteiger charge is 2.12. The molecule has 0 atom stereocenters. The molecule has 2 heterocycles. The average Bonchev–Trinajstić information content (AvgIpc) is 2.70. The summed E-state index contributed by atoms with van der Waals surface area (Å²) in [5.74, 6) is 0.666. The van der Waals surface area contributed by atoms with E-state index in [4.69, 9.17) is 16.6 Å². The molecule has 2 aromatic carbocycles. The lowest BCUT2D eigenvalue weighted by Crippen LogP contribution is -2.23. The average molecular weight is 396 g/mol. The van der Waals surface area contributed by atoms with E-state index in [-0.39, 0.29) is 5.56 Å². The van der Waals surface area contributed by atoms with Crippen LogP contribution >= 0.6 is 23.4 Å². The van der Waals surface area contributed by atoms with Gasteiger partial charge in [0.05, 0.1) is 16.4 Å². The Morgan fingerprint density at radius 2 is 1.89 bits per heavy atom. The number of pyridine rings is 1. The number of halogens is 1. The zero-order valence-electron chi connectivity index (χ0n) is 14.9. The van der Waals surface area contributed by atoms with Gasteiger partial charge in [-0.05, 0) is 42.3 Å². The summed E-state index contributed by atoms with van der Waals surface area (Å²) < 4.78 is 1.78. The van der Waals surface area contributed by atoms with Crippen LogP contribution in [-0.4, -0.2) is 14.5 Å². The number of benzene rings is 2. The molecule has 2 aromatic heterocycles. The molecule has 0 unspecified atom stereocenters. The Hall–Kier alpha value is -2.37. The molecule has 0 fully saturated rings. The molecular weight excluding hydrogens is 378 g/mol. The summed E-state index contributed by atoms with van der Waals surface area (Å²) >= 11 is 7.85. The SMILES string of the molecule is CCCn1c(SCc2ccc(Cl)c3cccnc23)nc2ccccc2c1=O. The summed E-state index contributed by atoms with van der Waals surface area (Å²) in [5, 5.41) is 3.03. The smallest absolute Gasteiger partial charge is 0.262 e. The van der Waals surface area contributed by atoms with Crippen molar-refractivity contribution in [2.45, 2.75) is 30.8 Å². The van der Waals surface area contributed by atoms with Crippen LogP contribution in [0.4, 0.5) is 0 Å². The quantitative estimate of drug-likeness (QED) is 0.340. The number of hydrogen-bond donors (Lipinski definition) is 0. The lowest BCUT2D eigenvalue weighted by molar-refractivity contribution is 0.585. The van der Waals surface area contributed by atoms with Gasteiger partial charge in [0.15, 0.2) is 5.16 Å². The summed E-state index contributed by atoms with van der Waals surface area (Å²) in [5.41, 5.74) is 2.72. The van der Waals surface area contributed by atoms with Crippen LogP contribution in [0.2, 0.25) is 5.02 Å². The largest absolute Gasteiger partial charge is 0.287 e. The van der Waals surface area contributed by atoms with Crippen molar-refractivity contribution in [2.75, 3.05) is 0 Å². The van der Waals surface area contributed by atoms with Gasteiger partial charge in [-0.1, -0.05) is 48.5 Å². The van der Waals surface area contributed by atoms with Crippen molar-refractivity contribution in [1.82, 2.24) is 14.5 Å². The highest BCUT2D eigenvalue weighted by Crippen LogP contribution is 2.29. The Balaban J connectivity index is 1.75. The van der Waals surface area contributed by atoms with Crippen molar-refractivity contribution in [2.24, 2.45) is 0 Å². The first kappa shape index (κ1) is 18.0. The van der Waals surface area contributed by atoms with Gasteiger partial charge in [0.1, 0.15) is 0 Å². The molecule has 0 saturated carbocycles. The molecule has 136 valence electrons. The molecule has 4 nitrogen and oxygen atoms in total. The molecule has 0 saturated heterocycles. The van der Waals surface area contributed by atoms with Crippen LogP contribution in [0, 0.1) is 0 Å². The molecule has 0 aliphatic heterocycles. The molecular formula is C21H18ClN3OS. The molecule has 0 aliphatic rings. The maximum atomic E-state index is 12.9. The summed E-state index contributed by atoms with van der Waals surface area (Å²) in [7, 11) is 0. The van der Waals surface area contributed by atoms with Gasteiger partial charge in [-0.2, -0.15) is 0 Å². The third kappa shape index (κ3) is 3.45. The Morgan fingerprint density at radius 1 is 1.07 bits per heavy atom. The molecule has 6 heteroatoms. The lowest BCUT2D eigenvalue weighted by atomic mass is 10.1. The van der Waals surface area contributed by atoms with E-state index in [1.807, 2.05) is 48.5 Å². The van der Waals surface area contributed by atoms with E-state index in [1.54, 1.807) is 22.5 Å². The molecule has 27 heavy (non-hydrogen) atoms. The van der Waals surface area contributed by atoms with E-state index in [0.717, 1.165) is 33.6 Å². The Morgan fingerprint density at radius 3 is 2.74 bits per heavy atom. The Labute approximate surface area is 166 Å². The number of para-hydroxylation sites is 1. The predicted octanol–water partition coefficient (Wildman–Crippen LogP) is 5.30. The highest BCUT2D eigenvalue weighted by atomic mass is 35.5. The monoisotopic (exact) mass is 395 g/mol. The maximum absolute atomic E-state index is 12.9. The fourth-order valence-corrected chi connectivity index (χ4v) is 4.36. The van der Waals surface area contributed by atoms with E-state index in [0.29, 0.717) is 22.7 Å². The molecule has 4 aromatic rings.